The number of hydrogen-bond donors (Lipinski definition) is 1. The summed E-state index contributed by atoms with van der Waals surface area (Å²) in [6.45, 7) is 3.06. The van der Waals surface area contributed by atoms with Gasteiger partial charge >= 0.3 is 12.1 Å². The number of aliphatic carboxylic acids is 1. The van der Waals surface area contributed by atoms with E-state index in [0.717, 1.165) is 35.8 Å². The lowest BCUT2D eigenvalue weighted by atomic mass is 9.80. The third-order valence-corrected chi connectivity index (χ3v) is 11.8. The Kier molecular flexibility index (Phi) is 12.3. The highest BCUT2D eigenvalue weighted by molar-refractivity contribution is 7.93. The maximum absolute atomic E-state index is 15.5. The number of nitrogens with zero attached hydrogens (tertiary/aromatic N) is 4. The molecule has 0 aromatic heterocycles. The van der Waals surface area contributed by atoms with Gasteiger partial charge in [-0.2, -0.15) is 13.2 Å². The topological polar surface area (TPSA) is 146 Å². The molecule has 298 valence electrons. The molecule has 18 heteroatoms. The second kappa shape index (κ2) is 16.3. The predicted octanol–water partition coefficient (Wildman–Crippen LogP) is 5.13. The number of carboxylic acids is 1. The molecular weight excluding hydrogens is 769 g/mol. The summed E-state index contributed by atoms with van der Waals surface area (Å²) in [6, 6.07) is 14.0. The van der Waals surface area contributed by atoms with Crippen molar-refractivity contribution in [2.75, 3.05) is 59.4 Å². The van der Waals surface area contributed by atoms with Gasteiger partial charge in [-0.1, -0.05) is 23.7 Å². The molecule has 2 atom stereocenters. The molecule has 0 aliphatic carbocycles. The monoisotopic (exact) mass is 810 g/mol. The Labute approximate surface area is 322 Å². The molecule has 55 heavy (non-hydrogen) atoms. The number of fused-ring (bicyclic) bond motifs is 1. The molecule has 1 N–H and O–H groups in total. The number of carbonyl (C=O) groups excluding carboxylic acids is 2. The van der Waals surface area contributed by atoms with Crippen LogP contribution in [-0.4, -0.2) is 113 Å². The van der Waals surface area contributed by atoms with Gasteiger partial charge in [0.15, 0.2) is 5.54 Å². The van der Waals surface area contributed by atoms with Crippen molar-refractivity contribution in [3.05, 3.63) is 76.3 Å². The van der Waals surface area contributed by atoms with Crippen molar-refractivity contribution in [2.24, 2.45) is 0 Å². The van der Waals surface area contributed by atoms with E-state index in [2.05, 4.69) is 4.90 Å². The maximum Gasteiger partial charge on any atom is 0.490 e. The van der Waals surface area contributed by atoms with Gasteiger partial charge < -0.3 is 24.2 Å². The van der Waals surface area contributed by atoms with E-state index in [4.69, 9.17) is 35.7 Å². The minimum absolute atomic E-state index is 0.0147. The third-order valence-electron chi connectivity index (χ3n) is 9.86. The summed E-state index contributed by atoms with van der Waals surface area (Å²) in [4.78, 5) is 43.7. The standard InChI is InChI=1S/C35H41ClN4O7S.C2HF3O2/c1-37(2)33(41)29-9-8-18-39(29)35(26-13-10-23(19-30(26)46-4)22-38-16-6-7-17-38)27-20-24(36)11-14-28(27)40(34(35)42)48(43,44)32-15-12-25(45-3)21-31(32)47-5;3-2(4,5)1(6)7/h10-15,19-21,29H,6-9,16-18,22H2,1-5H3;(H,6,7)/t29?,35-;/m1./s1. The molecule has 1 unspecified atom stereocenters. The zero-order valence-corrected chi connectivity index (χ0v) is 32.4. The average molecular weight is 811 g/mol. The number of alkyl halides is 3. The van der Waals surface area contributed by atoms with Gasteiger partial charge in [-0.3, -0.25) is 19.4 Å². The van der Waals surface area contributed by atoms with Crippen molar-refractivity contribution < 1.29 is 55.3 Å². The lowest BCUT2D eigenvalue weighted by molar-refractivity contribution is -0.192. The fraction of sp³-hybridized carbons (Fsp3) is 0.432. The van der Waals surface area contributed by atoms with E-state index >= 15 is 4.79 Å². The molecule has 0 bridgehead atoms. The van der Waals surface area contributed by atoms with Crippen LogP contribution >= 0.6 is 11.6 Å². The Hall–Kier alpha value is -4.58. The second-order valence-corrected chi connectivity index (χ2v) is 15.6. The zero-order chi connectivity index (χ0) is 40.5. The highest BCUT2D eigenvalue weighted by atomic mass is 35.5. The number of benzene rings is 3. The number of halogens is 4. The molecule has 3 aromatic carbocycles. The first-order chi connectivity index (χ1) is 25.9. The van der Waals surface area contributed by atoms with E-state index < -0.39 is 39.7 Å². The quantitative estimate of drug-likeness (QED) is 0.291. The van der Waals surface area contributed by atoms with Gasteiger partial charge in [0, 0.05) is 49.4 Å². The number of hydrogen-bond acceptors (Lipinski definition) is 10. The SMILES string of the molecule is COc1ccc(S(=O)(=O)N2C(=O)[C@](c3ccc(CN4CCCC4)cc3OC)(N3CCCC3C(=O)N(C)C)c3cc(Cl)ccc32)c(OC)c1.O=C(O)C(F)(F)F. The Balaban J connectivity index is 0.000000757. The fourth-order valence-corrected chi connectivity index (χ4v) is 9.19. The van der Waals surface area contributed by atoms with Crippen LogP contribution in [0.15, 0.2) is 59.5 Å². The van der Waals surface area contributed by atoms with Gasteiger partial charge in [0.1, 0.15) is 22.1 Å². The summed E-state index contributed by atoms with van der Waals surface area (Å²) in [5, 5.41) is 7.44. The number of methoxy groups -OCH3 is 3. The number of sulfonamides is 1. The van der Waals surface area contributed by atoms with Crippen LogP contribution in [-0.2, 0) is 36.5 Å². The first kappa shape index (κ1) is 41.6. The van der Waals surface area contributed by atoms with Crippen molar-refractivity contribution in [3.8, 4) is 17.2 Å². The number of anilines is 1. The minimum Gasteiger partial charge on any atom is -0.497 e. The van der Waals surface area contributed by atoms with Gasteiger partial charge in [-0.25, -0.2) is 17.5 Å². The summed E-state index contributed by atoms with van der Waals surface area (Å²) in [6.07, 6.45) is -1.70. The van der Waals surface area contributed by atoms with E-state index in [1.54, 1.807) is 26.2 Å². The number of likely N-dealkylation sites (tertiary alicyclic amines) is 2. The molecule has 2 amide bonds. The van der Waals surface area contributed by atoms with Gasteiger partial charge in [-0.05, 0) is 80.7 Å². The lowest BCUT2D eigenvalue weighted by Crippen LogP contribution is -2.59. The summed E-state index contributed by atoms with van der Waals surface area (Å²) >= 11 is 6.65. The van der Waals surface area contributed by atoms with Crippen LogP contribution in [0.3, 0.4) is 0 Å². The Morgan fingerprint density at radius 1 is 0.909 bits per heavy atom. The van der Waals surface area contributed by atoms with Crippen LogP contribution in [0, 0.1) is 0 Å². The van der Waals surface area contributed by atoms with Crippen LogP contribution < -0.4 is 18.5 Å². The first-order valence-corrected chi connectivity index (χ1v) is 19.0. The number of likely N-dealkylation sites (N-methyl/N-ethyl adjacent to an activating group) is 1. The molecule has 0 spiro atoms. The minimum atomic E-state index is -5.08. The molecule has 3 heterocycles. The van der Waals surface area contributed by atoms with Crippen LogP contribution in [0.4, 0.5) is 18.9 Å². The normalized spacial score (nSPS) is 20.1. The van der Waals surface area contributed by atoms with Crippen molar-refractivity contribution in [1.29, 1.82) is 0 Å². The summed E-state index contributed by atoms with van der Waals surface area (Å²) < 4.78 is 78.9. The number of ether oxygens (including phenoxy) is 3. The van der Waals surface area contributed by atoms with Crippen LogP contribution in [0.25, 0.3) is 0 Å². The van der Waals surface area contributed by atoms with Crippen molar-refractivity contribution >= 4 is 45.1 Å². The van der Waals surface area contributed by atoms with Gasteiger partial charge in [0.2, 0.25) is 5.91 Å². The average Bonchev–Trinajstić information content (AvgIpc) is 3.90. The molecule has 0 saturated carbocycles. The first-order valence-electron chi connectivity index (χ1n) is 17.2. The Bertz CT molecular complexity index is 2060. The second-order valence-electron chi connectivity index (χ2n) is 13.4. The van der Waals surface area contributed by atoms with Crippen molar-refractivity contribution in [1.82, 2.24) is 14.7 Å². The Morgan fingerprint density at radius 2 is 1.56 bits per heavy atom. The van der Waals surface area contributed by atoms with Crippen LogP contribution in [0.2, 0.25) is 5.02 Å². The Morgan fingerprint density at radius 3 is 2.15 bits per heavy atom. The third kappa shape index (κ3) is 7.79. The molecule has 3 aliphatic rings. The van der Waals surface area contributed by atoms with Crippen molar-refractivity contribution in [3.63, 3.8) is 0 Å². The summed E-state index contributed by atoms with van der Waals surface area (Å²) in [7, 11) is 3.11. The molecule has 2 fully saturated rings. The molecule has 13 nitrogen and oxygen atoms in total. The largest absolute Gasteiger partial charge is 0.497 e. The highest BCUT2D eigenvalue weighted by Gasteiger charge is 2.63. The van der Waals surface area contributed by atoms with Gasteiger partial charge in [0.05, 0.1) is 33.1 Å². The molecule has 6 rings (SSSR count). The lowest BCUT2D eigenvalue weighted by Gasteiger charge is -2.42. The van der Waals surface area contributed by atoms with Crippen LogP contribution in [0.5, 0.6) is 17.2 Å². The molecular formula is C37H42ClF3N4O9S. The zero-order valence-electron chi connectivity index (χ0n) is 30.9. The summed E-state index contributed by atoms with van der Waals surface area (Å²) in [5.41, 5.74) is 0.131. The van der Waals surface area contributed by atoms with E-state index in [0.29, 0.717) is 53.6 Å². The number of carboxylic acid groups (broad SMARTS) is 1. The van der Waals surface area contributed by atoms with Crippen molar-refractivity contribution in [2.45, 2.75) is 54.9 Å². The maximum atomic E-state index is 15.5. The summed E-state index contributed by atoms with van der Waals surface area (Å²) in [5.74, 6) is -2.89. The van der Waals surface area contributed by atoms with E-state index in [-0.39, 0.29) is 22.2 Å². The predicted molar refractivity (Wildman–Crippen MR) is 196 cm³/mol. The van der Waals surface area contributed by atoms with E-state index in [1.165, 1.54) is 50.5 Å². The van der Waals surface area contributed by atoms with E-state index in [1.807, 2.05) is 23.1 Å². The number of amides is 2. The van der Waals surface area contributed by atoms with Gasteiger partial charge in [0.25, 0.3) is 15.9 Å². The molecule has 3 aromatic rings. The number of carbonyl (C=O) groups is 3. The fourth-order valence-electron chi connectivity index (χ4n) is 7.42. The van der Waals surface area contributed by atoms with Crippen LogP contribution in [0.1, 0.15) is 42.4 Å². The smallest absolute Gasteiger partial charge is 0.490 e. The molecule has 0 radical (unpaired) electrons. The number of rotatable bonds is 10. The van der Waals surface area contributed by atoms with Gasteiger partial charge in [-0.15, -0.1) is 0 Å². The molecule has 3 aliphatic heterocycles. The van der Waals surface area contributed by atoms with E-state index in [9.17, 15) is 26.4 Å². The highest BCUT2D eigenvalue weighted by Crippen LogP contribution is 2.55. The molecule has 2 saturated heterocycles.